The highest BCUT2D eigenvalue weighted by molar-refractivity contribution is 5.76. The number of carbonyl (C=O) groups excluding carboxylic acids is 1. The predicted octanol–water partition coefficient (Wildman–Crippen LogP) is 0.869. The van der Waals surface area contributed by atoms with Crippen LogP contribution in [0.2, 0.25) is 0 Å². The number of rotatable bonds is 5. The average Bonchev–Trinajstić information content (AvgIpc) is 3.22. The third-order valence-electron chi connectivity index (χ3n) is 4.35. The van der Waals surface area contributed by atoms with Gasteiger partial charge in [0, 0.05) is 25.4 Å². The van der Waals surface area contributed by atoms with Crippen molar-refractivity contribution in [2.24, 2.45) is 11.7 Å². The minimum absolute atomic E-state index is 0.160. The number of carbonyl (C=O) groups is 1. The number of hydrogen-bond acceptors (Lipinski definition) is 4. The molecule has 1 aromatic heterocycles. The molecule has 0 radical (unpaired) electrons. The minimum Gasteiger partial charge on any atom is -0.342 e. The summed E-state index contributed by atoms with van der Waals surface area (Å²) in [5, 5.41) is 4.02. The molecular formula is C16H21N5O. The lowest BCUT2D eigenvalue weighted by Crippen LogP contribution is -2.30. The number of benzene rings is 1. The molecule has 1 saturated heterocycles. The van der Waals surface area contributed by atoms with E-state index in [4.69, 9.17) is 5.73 Å². The van der Waals surface area contributed by atoms with Gasteiger partial charge in [-0.05, 0) is 18.0 Å². The summed E-state index contributed by atoms with van der Waals surface area (Å²) in [5.74, 6) is 0.826. The molecule has 0 spiro atoms. The maximum absolute atomic E-state index is 12.4. The molecule has 0 unspecified atom stereocenters. The van der Waals surface area contributed by atoms with Crippen LogP contribution in [0.1, 0.15) is 17.9 Å². The molecule has 0 saturated carbocycles. The molecule has 2 N–H and O–H groups in total. The van der Waals surface area contributed by atoms with Gasteiger partial charge in [-0.25, -0.2) is 4.98 Å². The second-order valence-electron chi connectivity index (χ2n) is 5.72. The van der Waals surface area contributed by atoms with Crippen molar-refractivity contribution < 1.29 is 4.79 Å². The first kappa shape index (κ1) is 14.7. The van der Waals surface area contributed by atoms with Crippen LogP contribution in [0, 0.1) is 5.92 Å². The second kappa shape index (κ2) is 6.70. The SMILES string of the molecule is NC[C@@H]1CN(C(=O)CCn2cncn2)C[C@H]1c1ccccc1. The summed E-state index contributed by atoms with van der Waals surface area (Å²) in [6.07, 6.45) is 3.56. The molecule has 1 aliphatic rings. The van der Waals surface area contributed by atoms with Crippen molar-refractivity contribution in [3.05, 3.63) is 48.5 Å². The normalized spacial score (nSPS) is 21.2. The van der Waals surface area contributed by atoms with Gasteiger partial charge in [0.2, 0.25) is 5.91 Å². The molecule has 2 atom stereocenters. The largest absolute Gasteiger partial charge is 0.342 e. The fourth-order valence-corrected chi connectivity index (χ4v) is 3.11. The van der Waals surface area contributed by atoms with Gasteiger partial charge in [-0.1, -0.05) is 30.3 Å². The van der Waals surface area contributed by atoms with Gasteiger partial charge in [-0.15, -0.1) is 0 Å². The highest BCUT2D eigenvalue weighted by Gasteiger charge is 2.34. The quantitative estimate of drug-likeness (QED) is 0.888. The summed E-state index contributed by atoms with van der Waals surface area (Å²) < 4.78 is 1.68. The van der Waals surface area contributed by atoms with Gasteiger partial charge < -0.3 is 10.6 Å². The number of amides is 1. The number of aryl methyl sites for hydroxylation is 1. The summed E-state index contributed by atoms with van der Waals surface area (Å²) in [6.45, 7) is 2.67. The van der Waals surface area contributed by atoms with Crippen LogP contribution in [-0.4, -0.2) is 45.2 Å². The lowest BCUT2D eigenvalue weighted by molar-refractivity contribution is -0.130. The Bertz CT molecular complexity index is 598. The Labute approximate surface area is 129 Å². The van der Waals surface area contributed by atoms with Crippen LogP contribution in [0.4, 0.5) is 0 Å². The molecule has 0 bridgehead atoms. The van der Waals surface area contributed by atoms with E-state index < -0.39 is 0 Å². The Morgan fingerprint density at radius 3 is 2.77 bits per heavy atom. The van der Waals surface area contributed by atoms with E-state index in [0.29, 0.717) is 31.3 Å². The highest BCUT2D eigenvalue weighted by atomic mass is 16.2. The molecule has 22 heavy (non-hydrogen) atoms. The highest BCUT2D eigenvalue weighted by Crippen LogP contribution is 2.32. The Kier molecular flexibility index (Phi) is 4.48. The first-order valence-electron chi connectivity index (χ1n) is 7.63. The van der Waals surface area contributed by atoms with E-state index in [-0.39, 0.29) is 5.91 Å². The monoisotopic (exact) mass is 299 g/mol. The van der Waals surface area contributed by atoms with E-state index in [9.17, 15) is 4.79 Å². The molecule has 2 aromatic rings. The van der Waals surface area contributed by atoms with Crippen molar-refractivity contribution in [1.29, 1.82) is 0 Å². The molecular weight excluding hydrogens is 278 g/mol. The summed E-state index contributed by atoms with van der Waals surface area (Å²) in [6, 6.07) is 10.3. The van der Waals surface area contributed by atoms with Gasteiger partial charge in [-0.2, -0.15) is 5.10 Å². The van der Waals surface area contributed by atoms with Gasteiger partial charge >= 0.3 is 0 Å². The molecule has 1 aliphatic heterocycles. The zero-order chi connectivity index (χ0) is 15.4. The van der Waals surface area contributed by atoms with E-state index in [2.05, 4.69) is 22.2 Å². The van der Waals surface area contributed by atoms with E-state index in [1.54, 1.807) is 11.0 Å². The summed E-state index contributed by atoms with van der Waals surface area (Å²) in [5.41, 5.74) is 7.18. The molecule has 3 rings (SSSR count). The van der Waals surface area contributed by atoms with Gasteiger partial charge in [0.25, 0.3) is 0 Å². The van der Waals surface area contributed by atoms with Crippen LogP contribution >= 0.6 is 0 Å². The number of hydrogen-bond donors (Lipinski definition) is 1. The van der Waals surface area contributed by atoms with Crippen molar-refractivity contribution >= 4 is 5.91 Å². The smallest absolute Gasteiger partial charge is 0.224 e. The number of aromatic nitrogens is 3. The van der Waals surface area contributed by atoms with Crippen LogP contribution in [0.15, 0.2) is 43.0 Å². The standard InChI is InChI=1S/C16H21N5O/c17-8-14-9-20(10-15(14)13-4-2-1-3-5-13)16(22)6-7-21-12-18-11-19-21/h1-5,11-12,14-15H,6-10,17H2/t14-,15+/m1/s1. The first-order chi connectivity index (χ1) is 10.8. The molecule has 1 fully saturated rings. The Hall–Kier alpha value is -2.21. The van der Waals surface area contributed by atoms with Crippen molar-refractivity contribution in [1.82, 2.24) is 19.7 Å². The Balaban J connectivity index is 1.62. The topological polar surface area (TPSA) is 77.0 Å². The fourth-order valence-electron chi connectivity index (χ4n) is 3.11. The Morgan fingerprint density at radius 1 is 1.27 bits per heavy atom. The molecule has 6 heteroatoms. The third-order valence-corrected chi connectivity index (χ3v) is 4.35. The van der Waals surface area contributed by atoms with Gasteiger partial charge in [0.15, 0.2) is 0 Å². The van der Waals surface area contributed by atoms with Gasteiger partial charge in [0.05, 0.1) is 6.54 Å². The summed E-state index contributed by atoms with van der Waals surface area (Å²) >= 11 is 0. The average molecular weight is 299 g/mol. The molecule has 2 heterocycles. The van der Waals surface area contributed by atoms with Crippen molar-refractivity contribution in [3.63, 3.8) is 0 Å². The molecule has 1 aromatic carbocycles. The fraction of sp³-hybridized carbons (Fsp3) is 0.438. The van der Waals surface area contributed by atoms with Crippen LogP contribution in [-0.2, 0) is 11.3 Å². The molecule has 116 valence electrons. The maximum atomic E-state index is 12.4. The summed E-state index contributed by atoms with van der Waals surface area (Å²) in [4.78, 5) is 18.2. The van der Waals surface area contributed by atoms with Crippen LogP contribution in [0.3, 0.4) is 0 Å². The number of likely N-dealkylation sites (tertiary alicyclic amines) is 1. The predicted molar refractivity (Wildman–Crippen MR) is 82.9 cm³/mol. The van der Waals surface area contributed by atoms with Gasteiger partial charge in [-0.3, -0.25) is 9.48 Å². The van der Waals surface area contributed by atoms with Crippen LogP contribution in [0.25, 0.3) is 0 Å². The van der Waals surface area contributed by atoms with E-state index >= 15 is 0 Å². The molecule has 6 nitrogen and oxygen atoms in total. The van der Waals surface area contributed by atoms with Crippen LogP contribution in [0.5, 0.6) is 0 Å². The third kappa shape index (κ3) is 3.17. The number of nitrogens with two attached hydrogens (primary N) is 1. The van der Waals surface area contributed by atoms with E-state index in [1.807, 2.05) is 23.1 Å². The van der Waals surface area contributed by atoms with E-state index in [1.165, 1.54) is 11.9 Å². The van der Waals surface area contributed by atoms with Crippen molar-refractivity contribution in [3.8, 4) is 0 Å². The minimum atomic E-state index is 0.160. The zero-order valence-corrected chi connectivity index (χ0v) is 12.5. The Morgan fingerprint density at radius 2 is 2.09 bits per heavy atom. The number of nitrogens with zero attached hydrogens (tertiary/aromatic N) is 4. The van der Waals surface area contributed by atoms with E-state index in [0.717, 1.165) is 13.1 Å². The van der Waals surface area contributed by atoms with Crippen LogP contribution < -0.4 is 5.73 Å². The molecule has 1 amide bonds. The van der Waals surface area contributed by atoms with Crippen molar-refractivity contribution in [2.75, 3.05) is 19.6 Å². The lowest BCUT2D eigenvalue weighted by Gasteiger charge is -2.16. The summed E-state index contributed by atoms with van der Waals surface area (Å²) in [7, 11) is 0. The second-order valence-corrected chi connectivity index (χ2v) is 5.72. The zero-order valence-electron chi connectivity index (χ0n) is 12.5. The van der Waals surface area contributed by atoms with Gasteiger partial charge in [0.1, 0.15) is 12.7 Å². The lowest BCUT2D eigenvalue weighted by atomic mass is 9.89. The van der Waals surface area contributed by atoms with Crippen molar-refractivity contribution in [2.45, 2.75) is 18.9 Å². The maximum Gasteiger partial charge on any atom is 0.224 e. The first-order valence-corrected chi connectivity index (χ1v) is 7.63. The molecule has 0 aliphatic carbocycles.